The van der Waals surface area contributed by atoms with Gasteiger partial charge in [0.1, 0.15) is 0 Å². The van der Waals surface area contributed by atoms with Gasteiger partial charge in [0.05, 0.1) is 26.2 Å². The monoisotopic (exact) mass is 218 g/mol. The Morgan fingerprint density at radius 2 is 0.800 bits per heavy atom. The van der Waals surface area contributed by atoms with Crippen LogP contribution in [-0.2, 0) is 0 Å². The van der Waals surface area contributed by atoms with Crippen LogP contribution in [0.15, 0.2) is 0 Å². The summed E-state index contributed by atoms with van der Waals surface area (Å²) in [5.74, 6) is 0. The summed E-state index contributed by atoms with van der Waals surface area (Å²) < 4.78 is 1.38. The fourth-order valence-electron chi connectivity index (χ4n) is 2.57. The molecule has 2 heteroatoms. The van der Waals surface area contributed by atoms with Crippen molar-refractivity contribution < 1.29 is 9.59 Å². The summed E-state index contributed by atoms with van der Waals surface area (Å²) in [5, 5.41) is 7.00. The van der Waals surface area contributed by atoms with Gasteiger partial charge in [-0.3, -0.25) is 0 Å². The molecule has 0 fully saturated rings. The topological polar surface area (TPSA) is 20.2 Å². The van der Waals surface area contributed by atoms with E-state index in [4.69, 9.17) is 5.11 Å². The molecule has 0 aliphatic rings. The van der Waals surface area contributed by atoms with Crippen molar-refractivity contribution >= 4 is 0 Å². The summed E-state index contributed by atoms with van der Waals surface area (Å²) >= 11 is 0. The molecule has 0 atom stereocenters. The molecule has 0 aliphatic carbocycles. The van der Waals surface area contributed by atoms with E-state index in [2.05, 4.69) is 27.7 Å². The second-order valence-corrected chi connectivity index (χ2v) is 4.24. The van der Waals surface area contributed by atoms with Crippen LogP contribution in [0.25, 0.3) is 0 Å². The fourth-order valence-corrected chi connectivity index (χ4v) is 2.57. The maximum absolute atomic E-state index is 7.00. The summed E-state index contributed by atoms with van der Waals surface area (Å²) in [7, 11) is 1.00. The Morgan fingerprint density at radius 1 is 0.600 bits per heavy atom. The highest BCUT2D eigenvalue weighted by Crippen LogP contribution is 2.12. The quantitative estimate of drug-likeness (QED) is 0.621. The molecule has 0 rings (SSSR count). The summed E-state index contributed by atoms with van der Waals surface area (Å²) in [4.78, 5) is 0. The van der Waals surface area contributed by atoms with Gasteiger partial charge in [0, 0.05) is 7.11 Å². The molecule has 0 saturated heterocycles. The maximum atomic E-state index is 7.00. The predicted molar refractivity (Wildman–Crippen MR) is 69.0 cm³/mol. The molecule has 0 aromatic heterocycles. The number of aliphatic hydroxyl groups excluding tert-OH is 1. The highest BCUT2D eigenvalue weighted by Gasteiger charge is 2.22. The largest absolute Gasteiger partial charge is 0.400 e. The van der Waals surface area contributed by atoms with E-state index in [1.807, 2.05) is 0 Å². The standard InChI is InChI=1S/C12H28N.CH4O/c1-5-9-13(10-6-2,11-7-3)12-8-4;1-2/h5-12H2,1-4H3;2H,1H3/q+1;. The van der Waals surface area contributed by atoms with Crippen LogP contribution < -0.4 is 0 Å². The Balaban J connectivity index is 0. The summed E-state index contributed by atoms with van der Waals surface area (Å²) in [6.07, 6.45) is 5.33. The van der Waals surface area contributed by atoms with E-state index < -0.39 is 0 Å². The van der Waals surface area contributed by atoms with Gasteiger partial charge in [-0.15, -0.1) is 0 Å². The maximum Gasteiger partial charge on any atom is 0.0783 e. The van der Waals surface area contributed by atoms with E-state index in [9.17, 15) is 0 Å². The average Bonchev–Trinajstić information content (AvgIpc) is 2.22. The molecule has 0 aromatic rings. The van der Waals surface area contributed by atoms with Gasteiger partial charge in [0.25, 0.3) is 0 Å². The first-order valence-electron chi connectivity index (χ1n) is 6.54. The Kier molecular flexibility index (Phi) is 13.8. The minimum atomic E-state index is 1.00. The number of rotatable bonds is 8. The molecule has 15 heavy (non-hydrogen) atoms. The third kappa shape index (κ3) is 7.80. The average molecular weight is 218 g/mol. The van der Waals surface area contributed by atoms with Crippen LogP contribution in [0.3, 0.4) is 0 Å². The molecule has 0 heterocycles. The van der Waals surface area contributed by atoms with Gasteiger partial charge in [-0.05, 0) is 25.7 Å². The molecule has 0 spiro atoms. The number of hydrogen-bond acceptors (Lipinski definition) is 1. The van der Waals surface area contributed by atoms with Gasteiger partial charge in [0.2, 0.25) is 0 Å². The van der Waals surface area contributed by atoms with E-state index in [1.165, 1.54) is 56.3 Å². The molecule has 0 amide bonds. The van der Waals surface area contributed by atoms with Crippen molar-refractivity contribution in [2.24, 2.45) is 0 Å². The fraction of sp³-hybridized carbons (Fsp3) is 1.00. The van der Waals surface area contributed by atoms with Crippen molar-refractivity contribution in [3.05, 3.63) is 0 Å². The number of aliphatic hydroxyl groups is 1. The Labute approximate surface area is 96.9 Å². The van der Waals surface area contributed by atoms with Crippen molar-refractivity contribution in [1.29, 1.82) is 0 Å². The second-order valence-electron chi connectivity index (χ2n) is 4.24. The molecule has 0 saturated carbocycles. The summed E-state index contributed by atoms with van der Waals surface area (Å²) in [6.45, 7) is 14.8. The molecule has 0 unspecified atom stereocenters. The van der Waals surface area contributed by atoms with Gasteiger partial charge in [-0.1, -0.05) is 27.7 Å². The van der Waals surface area contributed by atoms with E-state index in [1.54, 1.807) is 0 Å². The van der Waals surface area contributed by atoms with Gasteiger partial charge < -0.3 is 9.59 Å². The van der Waals surface area contributed by atoms with Crippen LogP contribution >= 0.6 is 0 Å². The van der Waals surface area contributed by atoms with Crippen LogP contribution in [0.5, 0.6) is 0 Å². The Bertz CT molecular complexity index is 85.6. The minimum Gasteiger partial charge on any atom is -0.400 e. The number of nitrogens with zero attached hydrogens (tertiary/aromatic N) is 1. The lowest BCUT2D eigenvalue weighted by Gasteiger charge is -2.38. The van der Waals surface area contributed by atoms with Crippen LogP contribution in [-0.4, -0.2) is 42.9 Å². The van der Waals surface area contributed by atoms with Crippen molar-refractivity contribution in [3.8, 4) is 0 Å². The molecular formula is C13H32NO+. The molecule has 1 N–H and O–H groups in total. The SMILES string of the molecule is CCC[N+](CCC)(CCC)CCC.CO. The van der Waals surface area contributed by atoms with Crippen LogP contribution in [0, 0.1) is 0 Å². The van der Waals surface area contributed by atoms with Crippen molar-refractivity contribution in [2.75, 3.05) is 33.3 Å². The second kappa shape index (κ2) is 12.0. The zero-order chi connectivity index (χ0) is 12.2. The highest BCUT2D eigenvalue weighted by molar-refractivity contribution is 4.43. The molecule has 94 valence electrons. The molecule has 0 bridgehead atoms. The van der Waals surface area contributed by atoms with Gasteiger partial charge in [-0.2, -0.15) is 0 Å². The van der Waals surface area contributed by atoms with Gasteiger partial charge in [-0.25, -0.2) is 0 Å². The lowest BCUT2D eigenvalue weighted by molar-refractivity contribution is -0.928. The highest BCUT2D eigenvalue weighted by atomic mass is 16.2. The Hall–Kier alpha value is -0.0800. The molecule has 0 aliphatic heterocycles. The Morgan fingerprint density at radius 3 is 0.933 bits per heavy atom. The molecular weight excluding hydrogens is 186 g/mol. The van der Waals surface area contributed by atoms with E-state index >= 15 is 0 Å². The van der Waals surface area contributed by atoms with E-state index in [0.717, 1.165) is 7.11 Å². The first kappa shape index (κ1) is 17.3. The lowest BCUT2D eigenvalue weighted by Crippen LogP contribution is -2.50. The molecule has 2 nitrogen and oxygen atoms in total. The predicted octanol–water partition coefficient (Wildman–Crippen LogP) is 3.05. The third-order valence-corrected chi connectivity index (χ3v) is 2.79. The number of quaternary nitrogens is 1. The molecule has 0 radical (unpaired) electrons. The van der Waals surface area contributed by atoms with Crippen molar-refractivity contribution in [2.45, 2.75) is 53.4 Å². The zero-order valence-electron chi connectivity index (χ0n) is 11.6. The lowest BCUT2D eigenvalue weighted by atomic mass is 10.2. The van der Waals surface area contributed by atoms with Crippen LogP contribution in [0.2, 0.25) is 0 Å². The van der Waals surface area contributed by atoms with Crippen LogP contribution in [0.1, 0.15) is 53.4 Å². The summed E-state index contributed by atoms with van der Waals surface area (Å²) in [6, 6.07) is 0. The summed E-state index contributed by atoms with van der Waals surface area (Å²) in [5.41, 5.74) is 0. The number of hydrogen-bond donors (Lipinski definition) is 1. The first-order chi connectivity index (χ1) is 7.24. The van der Waals surface area contributed by atoms with Crippen molar-refractivity contribution in [3.63, 3.8) is 0 Å². The van der Waals surface area contributed by atoms with Crippen molar-refractivity contribution in [1.82, 2.24) is 0 Å². The molecule has 0 aromatic carbocycles. The third-order valence-electron chi connectivity index (χ3n) is 2.79. The van der Waals surface area contributed by atoms with E-state index in [0.29, 0.717) is 0 Å². The van der Waals surface area contributed by atoms with Gasteiger partial charge in [0.15, 0.2) is 0 Å². The van der Waals surface area contributed by atoms with Gasteiger partial charge >= 0.3 is 0 Å². The van der Waals surface area contributed by atoms with E-state index in [-0.39, 0.29) is 0 Å². The minimum absolute atomic E-state index is 1.00. The van der Waals surface area contributed by atoms with Crippen LogP contribution in [0.4, 0.5) is 0 Å². The first-order valence-corrected chi connectivity index (χ1v) is 6.54. The normalized spacial score (nSPS) is 10.8. The smallest absolute Gasteiger partial charge is 0.0783 e. The zero-order valence-corrected chi connectivity index (χ0v) is 11.6.